The van der Waals surface area contributed by atoms with E-state index in [-0.39, 0.29) is 18.0 Å². The Bertz CT molecular complexity index is 200. The van der Waals surface area contributed by atoms with E-state index in [0.717, 1.165) is 12.3 Å². The molecular weight excluding hydrogens is 152 g/mol. The summed E-state index contributed by atoms with van der Waals surface area (Å²) in [6.45, 7) is 4.25. The van der Waals surface area contributed by atoms with E-state index >= 15 is 0 Å². The van der Waals surface area contributed by atoms with Crippen molar-refractivity contribution in [3.63, 3.8) is 0 Å². The molecule has 0 spiro atoms. The Morgan fingerprint density at radius 1 is 1.33 bits per heavy atom. The number of rotatable bonds is 0. The molecule has 0 aromatic rings. The molecule has 2 rings (SSSR count). The maximum atomic E-state index is 11.2. The molecular formula is C10H16O2. The lowest BCUT2D eigenvalue weighted by molar-refractivity contribution is -0.144. The third kappa shape index (κ3) is 1.13. The highest BCUT2D eigenvalue weighted by molar-refractivity contribution is 5.74. The van der Waals surface area contributed by atoms with Crippen LogP contribution in [-0.2, 0) is 9.53 Å². The van der Waals surface area contributed by atoms with Gasteiger partial charge in [-0.2, -0.15) is 0 Å². The fraction of sp³-hybridized carbons (Fsp3) is 0.900. The van der Waals surface area contributed by atoms with Crippen LogP contribution in [0, 0.1) is 17.8 Å². The fourth-order valence-corrected chi connectivity index (χ4v) is 2.49. The average Bonchev–Trinajstić information content (AvgIpc) is 2.28. The molecule has 0 aromatic heterocycles. The Balaban J connectivity index is 2.09. The maximum Gasteiger partial charge on any atom is 0.309 e. The first-order valence-electron chi connectivity index (χ1n) is 4.89. The van der Waals surface area contributed by atoms with Crippen molar-refractivity contribution >= 4 is 5.97 Å². The van der Waals surface area contributed by atoms with Gasteiger partial charge in [0.05, 0.1) is 5.92 Å². The van der Waals surface area contributed by atoms with Crippen LogP contribution in [-0.4, -0.2) is 12.1 Å². The van der Waals surface area contributed by atoms with Gasteiger partial charge in [-0.05, 0) is 18.8 Å². The van der Waals surface area contributed by atoms with Gasteiger partial charge in [0.25, 0.3) is 0 Å². The summed E-state index contributed by atoms with van der Waals surface area (Å²) in [7, 11) is 0. The molecule has 12 heavy (non-hydrogen) atoms. The zero-order valence-electron chi connectivity index (χ0n) is 7.75. The molecule has 0 radical (unpaired) electrons. The second-order valence-corrected chi connectivity index (χ2v) is 4.35. The van der Waals surface area contributed by atoms with Crippen LogP contribution >= 0.6 is 0 Å². The van der Waals surface area contributed by atoms with E-state index in [1.807, 2.05) is 6.92 Å². The summed E-state index contributed by atoms with van der Waals surface area (Å²) >= 11 is 0. The molecule has 2 heteroatoms. The molecule has 0 aromatic carbocycles. The van der Waals surface area contributed by atoms with Gasteiger partial charge in [-0.25, -0.2) is 0 Å². The van der Waals surface area contributed by atoms with Gasteiger partial charge < -0.3 is 4.74 Å². The van der Waals surface area contributed by atoms with Crippen LogP contribution in [0.2, 0.25) is 0 Å². The summed E-state index contributed by atoms with van der Waals surface area (Å²) in [5.41, 5.74) is 0. The predicted octanol–water partition coefficient (Wildman–Crippen LogP) is 1.98. The van der Waals surface area contributed by atoms with Gasteiger partial charge in [0.1, 0.15) is 6.10 Å². The topological polar surface area (TPSA) is 26.3 Å². The summed E-state index contributed by atoms with van der Waals surface area (Å²) in [4.78, 5) is 11.2. The minimum absolute atomic E-state index is 0.0269. The second-order valence-electron chi connectivity index (χ2n) is 4.35. The highest BCUT2D eigenvalue weighted by atomic mass is 16.6. The highest BCUT2D eigenvalue weighted by Gasteiger charge is 2.43. The van der Waals surface area contributed by atoms with E-state index in [1.165, 1.54) is 12.8 Å². The SMILES string of the molecule is C[C@@H]1CCC2C(C1)OC(=O)[C@@H]2C. The van der Waals surface area contributed by atoms with Crippen molar-refractivity contribution in [3.05, 3.63) is 0 Å². The molecule has 0 N–H and O–H groups in total. The first-order chi connectivity index (χ1) is 5.68. The number of ether oxygens (including phenoxy) is 1. The normalized spacial score (nSPS) is 47.0. The van der Waals surface area contributed by atoms with Crippen molar-refractivity contribution in [2.24, 2.45) is 17.8 Å². The van der Waals surface area contributed by atoms with Crippen molar-refractivity contribution in [2.45, 2.75) is 39.2 Å². The van der Waals surface area contributed by atoms with Gasteiger partial charge in [-0.3, -0.25) is 4.79 Å². The highest BCUT2D eigenvalue weighted by Crippen LogP contribution is 2.40. The van der Waals surface area contributed by atoms with Crippen LogP contribution in [0.15, 0.2) is 0 Å². The molecule has 0 amide bonds. The summed E-state index contributed by atoms with van der Waals surface area (Å²) in [6.07, 6.45) is 3.78. The molecule has 2 unspecified atom stereocenters. The third-order valence-electron chi connectivity index (χ3n) is 3.39. The number of hydrogen-bond acceptors (Lipinski definition) is 2. The summed E-state index contributed by atoms with van der Waals surface area (Å²) in [5.74, 6) is 1.44. The number of fused-ring (bicyclic) bond motifs is 1. The molecule has 1 aliphatic heterocycles. The van der Waals surface area contributed by atoms with E-state index in [0.29, 0.717) is 5.92 Å². The van der Waals surface area contributed by atoms with Gasteiger partial charge in [-0.15, -0.1) is 0 Å². The number of carbonyl (C=O) groups excluding carboxylic acids is 1. The third-order valence-corrected chi connectivity index (χ3v) is 3.39. The van der Waals surface area contributed by atoms with Gasteiger partial charge in [-0.1, -0.05) is 20.3 Å². The molecule has 2 nitrogen and oxygen atoms in total. The smallest absolute Gasteiger partial charge is 0.309 e. The Labute approximate surface area is 73.3 Å². The van der Waals surface area contributed by atoms with Crippen LogP contribution < -0.4 is 0 Å². The molecule has 1 saturated heterocycles. The molecule has 0 bridgehead atoms. The van der Waals surface area contributed by atoms with Crippen LogP contribution in [0.25, 0.3) is 0 Å². The molecule has 2 fully saturated rings. The number of esters is 1. The number of hydrogen-bond donors (Lipinski definition) is 0. The van der Waals surface area contributed by atoms with E-state index in [1.54, 1.807) is 0 Å². The van der Waals surface area contributed by atoms with Crippen molar-refractivity contribution in [1.82, 2.24) is 0 Å². The minimum Gasteiger partial charge on any atom is -0.462 e. The Morgan fingerprint density at radius 2 is 2.08 bits per heavy atom. The standard InChI is InChI=1S/C10H16O2/c1-6-3-4-8-7(2)10(11)12-9(8)5-6/h6-9H,3-5H2,1-2H3/t6-,7-,8?,9?/m1/s1. The lowest BCUT2D eigenvalue weighted by Gasteiger charge is -2.28. The van der Waals surface area contributed by atoms with Crippen LogP contribution in [0.4, 0.5) is 0 Å². The molecule has 68 valence electrons. The fourth-order valence-electron chi connectivity index (χ4n) is 2.49. The van der Waals surface area contributed by atoms with Crippen LogP contribution in [0.1, 0.15) is 33.1 Å². The first-order valence-corrected chi connectivity index (χ1v) is 4.89. The van der Waals surface area contributed by atoms with Crippen molar-refractivity contribution in [1.29, 1.82) is 0 Å². The monoisotopic (exact) mass is 168 g/mol. The summed E-state index contributed by atoms with van der Waals surface area (Å²) in [6, 6.07) is 0. The van der Waals surface area contributed by atoms with Crippen molar-refractivity contribution < 1.29 is 9.53 Å². The van der Waals surface area contributed by atoms with Gasteiger partial charge in [0.15, 0.2) is 0 Å². The summed E-state index contributed by atoms with van der Waals surface area (Å²) in [5, 5.41) is 0. The molecule has 4 atom stereocenters. The largest absolute Gasteiger partial charge is 0.462 e. The molecule has 2 aliphatic rings. The zero-order valence-corrected chi connectivity index (χ0v) is 7.75. The van der Waals surface area contributed by atoms with E-state index in [9.17, 15) is 4.79 Å². The Morgan fingerprint density at radius 3 is 2.83 bits per heavy atom. The van der Waals surface area contributed by atoms with Crippen LogP contribution in [0.3, 0.4) is 0 Å². The van der Waals surface area contributed by atoms with E-state index < -0.39 is 0 Å². The first kappa shape index (κ1) is 8.09. The average molecular weight is 168 g/mol. The lowest BCUT2D eigenvalue weighted by Crippen LogP contribution is -2.27. The zero-order chi connectivity index (χ0) is 8.72. The maximum absolute atomic E-state index is 11.2. The van der Waals surface area contributed by atoms with Crippen LogP contribution in [0.5, 0.6) is 0 Å². The minimum atomic E-state index is 0.0269. The second kappa shape index (κ2) is 2.75. The molecule has 1 heterocycles. The summed E-state index contributed by atoms with van der Waals surface area (Å²) < 4.78 is 5.31. The van der Waals surface area contributed by atoms with Gasteiger partial charge in [0, 0.05) is 5.92 Å². The van der Waals surface area contributed by atoms with E-state index in [4.69, 9.17) is 4.74 Å². The number of carbonyl (C=O) groups is 1. The lowest BCUT2D eigenvalue weighted by atomic mass is 9.77. The van der Waals surface area contributed by atoms with Gasteiger partial charge in [0.2, 0.25) is 0 Å². The predicted molar refractivity (Wildman–Crippen MR) is 45.5 cm³/mol. The molecule has 1 aliphatic carbocycles. The molecule has 1 saturated carbocycles. The van der Waals surface area contributed by atoms with Crippen molar-refractivity contribution in [2.75, 3.05) is 0 Å². The Hall–Kier alpha value is -0.530. The Kier molecular flexibility index (Phi) is 1.85. The van der Waals surface area contributed by atoms with Crippen molar-refractivity contribution in [3.8, 4) is 0 Å². The quantitative estimate of drug-likeness (QED) is 0.517. The van der Waals surface area contributed by atoms with E-state index in [2.05, 4.69) is 6.92 Å². The van der Waals surface area contributed by atoms with Gasteiger partial charge >= 0.3 is 5.97 Å².